The summed E-state index contributed by atoms with van der Waals surface area (Å²) in [5.74, 6) is 0.341. The average Bonchev–Trinajstić information content (AvgIpc) is 2.67. The first-order valence-electron chi connectivity index (χ1n) is 3.48. The number of hydrogen-bond acceptors (Lipinski definition) is 3. The van der Waals surface area contributed by atoms with E-state index in [1.54, 1.807) is 0 Å². The first-order chi connectivity index (χ1) is 4.79. The molecule has 1 saturated carbocycles. The molecule has 0 aromatic heterocycles. The molecule has 0 unspecified atom stereocenters. The van der Waals surface area contributed by atoms with Crippen LogP contribution in [0.25, 0.3) is 0 Å². The van der Waals surface area contributed by atoms with Crippen LogP contribution < -0.4 is 0 Å². The van der Waals surface area contributed by atoms with Crippen molar-refractivity contribution in [1.29, 1.82) is 0 Å². The fourth-order valence-electron chi connectivity index (χ4n) is 1.17. The van der Waals surface area contributed by atoms with E-state index in [9.17, 15) is 4.79 Å². The van der Waals surface area contributed by atoms with Crippen LogP contribution in [-0.2, 0) is 9.53 Å². The molecule has 10 heavy (non-hydrogen) atoms. The Morgan fingerprint density at radius 3 is 3.00 bits per heavy atom. The van der Waals surface area contributed by atoms with Crippen LogP contribution in [0.4, 0.5) is 0 Å². The van der Waals surface area contributed by atoms with Crippen molar-refractivity contribution in [2.24, 2.45) is 11.8 Å². The SMILES string of the molecule is COC(=O)[C@H]1C[C@H]1CCO. The number of ether oxygens (including phenoxy) is 1. The molecule has 0 heterocycles. The van der Waals surface area contributed by atoms with Crippen molar-refractivity contribution in [3.05, 3.63) is 0 Å². The van der Waals surface area contributed by atoms with E-state index >= 15 is 0 Å². The third-order valence-electron chi connectivity index (χ3n) is 1.93. The molecule has 1 rings (SSSR count). The van der Waals surface area contributed by atoms with Gasteiger partial charge < -0.3 is 9.84 Å². The van der Waals surface area contributed by atoms with E-state index in [1.165, 1.54) is 7.11 Å². The van der Waals surface area contributed by atoms with Gasteiger partial charge in [0.05, 0.1) is 13.0 Å². The van der Waals surface area contributed by atoms with Crippen LogP contribution in [0, 0.1) is 11.8 Å². The molecule has 0 radical (unpaired) electrons. The van der Waals surface area contributed by atoms with Gasteiger partial charge >= 0.3 is 5.97 Å². The monoisotopic (exact) mass is 144 g/mol. The standard InChI is InChI=1S/C7H12O3/c1-10-7(9)6-4-5(6)2-3-8/h5-6,8H,2-4H2,1H3/t5-,6+/m1/s1. The van der Waals surface area contributed by atoms with Crippen LogP contribution in [-0.4, -0.2) is 24.8 Å². The lowest BCUT2D eigenvalue weighted by atomic mass is 10.2. The first kappa shape index (κ1) is 7.54. The molecular formula is C7H12O3. The van der Waals surface area contributed by atoms with Gasteiger partial charge in [-0.2, -0.15) is 0 Å². The predicted molar refractivity (Wildman–Crippen MR) is 35.3 cm³/mol. The lowest BCUT2D eigenvalue weighted by molar-refractivity contribution is -0.142. The minimum absolute atomic E-state index is 0.0807. The third-order valence-corrected chi connectivity index (χ3v) is 1.93. The second kappa shape index (κ2) is 3.01. The molecule has 1 N–H and O–H groups in total. The molecule has 0 saturated heterocycles. The molecule has 58 valence electrons. The summed E-state index contributed by atoms with van der Waals surface area (Å²) in [6.45, 7) is 0.179. The Hall–Kier alpha value is -0.570. The molecule has 3 heteroatoms. The number of aliphatic hydroxyl groups excluding tert-OH is 1. The lowest BCUT2D eigenvalue weighted by Gasteiger charge is -1.94. The van der Waals surface area contributed by atoms with Crippen LogP contribution in [0.2, 0.25) is 0 Å². The summed E-state index contributed by atoms with van der Waals surface area (Å²) in [6, 6.07) is 0. The van der Waals surface area contributed by atoms with Gasteiger partial charge in [0.15, 0.2) is 0 Å². The summed E-state index contributed by atoms with van der Waals surface area (Å²) in [7, 11) is 1.40. The van der Waals surface area contributed by atoms with Crippen molar-refractivity contribution in [2.45, 2.75) is 12.8 Å². The van der Waals surface area contributed by atoms with Gasteiger partial charge in [-0.15, -0.1) is 0 Å². The van der Waals surface area contributed by atoms with Crippen molar-refractivity contribution in [3.8, 4) is 0 Å². The summed E-state index contributed by atoms with van der Waals surface area (Å²) in [4.78, 5) is 10.8. The van der Waals surface area contributed by atoms with E-state index in [4.69, 9.17) is 5.11 Å². The highest BCUT2D eigenvalue weighted by Crippen LogP contribution is 2.41. The predicted octanol–water partition coefficient (Wildman–Crippen LogP) is 0.178. The smallest absolute Gasteiger partial charge is 0.308 e. The summed E-state index contributed by atoms with van der Waals surface area (Å²) in [6.07, 6.45) is 1.63. The van der Waals surface area contributed by atoms with E-state index in [0.29, 0.717) is 5.92 Å². The highest BCUT2D eigenvalue weighted by molar-refractivity contribution is 5.75. The molecular weight excluding hydrogens is 132 g/mol. The quantitative estimate of drug-likeness (QED) is 0.575. The van der Waals surface area contributed by atoms with Crippen molar-refractivity contribution >= 4 is 5.97 Å². The number of carbonyl (C=O) groups excluding carboxylic acids is 1. The van der Waals surface area contributed by atoms with E-state index in [2.05, 4.69) is 4.74 Å². The third kappa shape index (κ3) is 1.48. The zero-order valence-electron chi connectivity index (χ0n) is 6.04. The van der Waals surface area contributed by atoms with Crippen LogP contribution >= 0.6 is 0 Å². The molecule has 0 aromatic carbocycles. The zero-order chi connectivity index (χ0) is 7.56. The Balaban J connectivity index is 2.18. The van der Waals surface area contributed by atoms with Gasteiger partial charge in [0.25, 0.3) is 0 Å². The maximum Gasteiger partial charge on any atom is 0.308 e. The number of rotatable bonds is 3. The molecule has 0 aromatic rings. The van der Waals surface area contributed by atoms with Gasteiger partial charge in [-0.1, -0.05) is 0 Å². The topological polar surface area (TPSA) is 46.5 Å². The Morgan fingerprint density at radius 1 is 1.80 bits per heavy atom. The molecule has 0 aliphatic heterocycles. The Bertz CT molecular complexity index is 133. The number of hydrogen-bond donors (Lipinski definition) is 1. The van der Waals surface area contributed by atoms with Gasteiger partial charge in [-0.25, -0.2) is 0 Å². The Labute approximate surface area is 60.0 Å². The van der Waals surface area contributed by atoms with Crippen LogP contribution in [0.3, 0.4) is 0 Å². The van der Waals surface area contributed by atoms with Crippen molar-refractivity contribution in [1.82, 2.24) is 0 Å². The molecule has 2 atom stereocenters. The highest BCUT2D eigenvalue weighted by atomic mass is 16.5. The Kier molecular flexibility index (Phi) is 2.27. The van der Waals surface area contributed by atoms with E-state index in [0.717, 1.165) is 12.8 Å². The fraction of sp³-hybridized carbons (Fsp3) is 0.857. The number of methoxy groups -OCH3 is 1. The number of esters is 1. The van der Waals surface area contributed by atoms with Gasteiger partial charge in [-0.3, -0.25) is 4.79 Å². The van der Waals surface area contributed by atoms with Gasteiger partial charge in [-0.05, 0) is 18.8 Å². The van der Waals surface area contributed by atoms with E-state index in [-0.39, 0.29) is 18.5 Å². The number of carbonyl (C=O) groups is 1. The summed E-state index contributed by atoms with van der Waals surface area (Å²) >= 11 is 0. The van der Waals surface area contributed by atoms with Crippen molar-refractivity contribution in [2.75, 3.05) is 13.7 Å². The maximum absolute atomic E-state index is 10.8. The molecule has 0 bridgehead atoms. The summed E-state index contributed by atoms with van der Waals surface area (Å²) in [5.41, 5.74) is 0. The second-order valence-corrected chi connectivity index (χ2v) is 2.64. The molecule has 0 amide bonds. The zero-order valence-corrected chi connectivity index (χ0v) is 6.04. The van der Waals surface area contributed by atoms with Gasteiger partial charge in [0.1, 0.15) is 0 Å². The molecule has 1 fully saturated rings. The van der Waals surface area contributed by atoms with Crippen molar-refractivity contribution in [3.63, 3.8) is 0 Å². The number of aliphatic hydroxyl groups is 1. The minimum atomic E-state index is -0.126. The average molecular weight is 144 g/mol. The van der Waals surface area contributed by atoms with Gasteiger partial charge in [0.2, 0.25) is 0 Å². The normalized spacial score (nSPS) is 29.8. The minimum Gasteiger partial charge on any atom is -0.469 e. The first-order valence-corrected chi connectivity index (χ1v) is 3.48. The summed E-state index contributed by atoms with van der Waals surface area (Å²) < 4.78 is 4.53. The van der Waals surface area contributed by atoms with E-state index in [1.807, 2.05) is 0 Å². The molecule has 3 nitrogen and oxygen atoms in total. The second-order valence-electron chi connectivity index (χ2n) is 2.64. The van der Waals surface area contributed by atoms with Gasteiger partial charge in [0, 0.05) is 6.61 Å². The summed E-state index contributed by atoms with van der Waals surface area (Å²) in [5, 5.41) is 8.50. The van der Waals surface area contributed by atoms with Crippen molar-refractivity contribution < 1.29 is 14.6 Å². The maximum atomic E-state index is 10.8. The van der Waals surface area contributed by atoms with E-state index < -0.39 is 0 Å². The van der Waals surface area contributed by atoms with Crippen LogP contribution in [0.15, 0.2) is 0 Å². The van der Waals surface area contributed by atoms with Crippen LogP contribution in [0.1, 0.15) is 12.8 Å². The van der Waals surface area contributed by atoms with Crippen LogP contribution in [0.5, 0.6) is 0 Å². The Morgan fingerprint density at radius 2 is 2.50 bits per heavy atom. The molecule has 0 spiro atoms. The molecule has 1 aliphatic rings. The largest absolute Gasteiger partial charge is 0.469 e. The molecule has 1 aliphatic carbocycles. The highest BCUT2D eigenvalue weighted by Gasteiger charge is 2.42. The fourth-order valence-corrected chi connectivity index (χ4v) is 1.17. The lowest BCUT2D eigenvalue weighted by Crippen LogP contribution is -2.04.